The van der Waals surface area contributed by atoms with E-state index < -0.39 is 48.0 Å². The Kier molecular flexibility index (Phi) is 13.0. The summed E-state index contributed by atoms with van der Waals surface area (Å²) in [5.41, 5.74) is 4.72. The van der Waals surface area contributed by atoms with Gasteiger partial charge in [0.2, 0.25) is 23.6 Å². The van der Waals surface area contributed by atoms with Gasteiger partial charge in [0.05, 0.1) is 30.3 Å². The Morgan fingerprint density at radius 3 is 2.19 bits per heavy atom. The summed E-state index contributed by atoms with van der Waals surface area (Å²) in [4.78, 5) is 71.3. The summed E-state index contributed by atoms with van der Waals surface area (Å²) in [5, 5.41) is 13.1. The molecule has 53 heavy (non-hydrogen) atoms. The minimum absolute atomic E-state index is 0.0169. The van der Waals surface area contributed by atoms with E-state index in [0.29, 0.717) is 12.8 Å². The molecule has 2 heterocycles. The van der Waals surface area contributed by atoms with E-state index in [1.807, 2.05) is 81.6 Å². The topological polar surface area (TPSA) is 155 Å². The average molecular weight is 722 g/mol. The van der Waals surface area contributed by atoms with Gasteiger partial charge in [0.15, 0.2) is 0 Å². The number of carbonyl (C=O) groups excluding carboxylic acids is 5. The predicted molar refractivity (Wildman–Crippen MR) is 199 cm³/mol. The van der Waals surface area contributed by atoms with Crippen LogP contribution in [0, 0.1) is 13.8 Å². The number of nitrogens with one attached hydrogen (secondary N) is 3. The van der Waals surface area contributed by atoms with Crippen LogP contribution in [0.1, 0.15) is 44.9 Å². The summed E-state index contributed by atoms with van der Waals surface area (Å²) in [5.74, 6) is -2.34. The Bertz CT molecular complexity index is 1910. The van der Waals surface area contributed by atoms with E-state index in [4.69, 9.17) is 4.74 Å². The van der Waals surface area contributed by atoms with Crippen molar-refractivity contribution in [2.45, 2.75) is 51.7 Å². The molecule has 0 spiro atoms. The van der Waals surface area contributed by atoms with Gasteiger partial charge in [-0.15, -0.1) is 0 Å². The van der Waals surface area contributed by atoms with Crippen molar-refractivity contribution >= 4 is 29.5 Å². The number of aromatic nitrogens is 2. The highest BCUT2D eigenvalue weighted by molar-refractivity contribution is 6.01. The van der Waals surface area contributed by atoms with E-state index in [1.54, 1.807) is 28.9 Å². The summed E-state index contributed by atoms with van der Waals surface area (Å²) in [6, 6.07) is 23.5. The number of carbonyl (C=O) groups is 5. The molecular weight excluding hydrogens is 674 g/mol. The van der Waals surface area contributed by atoms with Crippen LogP contribution in [-0.2, 0) is 45.6 Å². The van der Waals surface area contributed by atoms with Crippen molar-refractivity contribution in [2.24, 2.45) is 7.05 Å². The normalized spacial score (nSPS) is 17.7. The summed E-state index contributed by atoms with van der Waals surface area (Å²) < 4.78 is 7.95. The predicted octanol–water partition coefficient (Wildman–Crippen LogP) is 2.49. The molecule has 13 nitrogen and oxygen atoms in total. The second-order valence-corrected chi connectivity index (χ2v) is 13.3. The van der Waals surface area contributed by atoms with Gasteiger partial charge in [-0.25, -0.2) is 0 Å². The van der Waals surface area contributed by atoms with Crippen molar-refractivity contribution < 1.29 is 28.7 Å². The van der Waals surface area contributed by atoms with E-state index >= 15 is 0 Å². The third-order valence-electron chi connectivity index (χ3n) is 9.30. The first kappa shape index (κ1) is 38.3. The lowest BCUT2D eigenvalue weighted by Gasteiger charge is -2.27. The molecule has 3 N–H and O–H groups in total. The Morgan fingerprint density at radius 1 is 0.849 bits per heavy atom. The molecule has 4 aromatic rings. The molecule has 0 bridgehead atoms. The fraction of sp³-hybridized carbons (Fsp3) is 0.350. The van der Waals surface area contributed by atoms with E-state index in [-0.39, 0.29) is 44.1 Å². The zero-order chi connectivity index (χ0) is 37.9. The molecule has 0 fully saturated rings. The molecule has 5 amide bonds. The maximum absolute atomic E-state index is 14.1. The first-order valence-electron chi connectivity index (χ1n) is 17.7. The number of benzene rings is 3. The minimum Gasteiger partial charge on any atom is -0.491 e. The van der Waals surface area contributed by atoms with Crippen LogP contribution in [0.2, 0.25) is 0 Å². The minimum atomic E-state index is -1.28. The highest BCUT2D eigenvalue weighted by Gasteiger charge is 2.30. The molecular formula is C40H47N7O6. The van der Waals surface area contributed by atoms with Crippen LogP contribution < -0.4 is 20.7 Å². The Balaban J connectivity index is 1.45. The third-order valence-corrected chi connectivity index (χ3v) is 9.30. The standard InChI is InChI=1S/C40H47N7O6/c1-27-32(28(2)46(4)44-27)19-20-41-40(52)34-22-37(49)47(23-30-15-9-6-10-16-30)25-38(50)45(3)24-36(48)42-31(21-29-13-7-5-8-14-29)26-53-35-18-12-11-17-33(35)39(51)43-34/h5-18,31,34H,19-26H2,1-4H3,(H,41,52)(H,42,48)(H,43,51)/t31-,34+/m1/s1. The molecule has 3 aromatic carbocycles. The van der Waals surface area contributed by atoms with Crippen molar-refractivity contribution in [2.75, 3.05) is 33.3 Å². The van der Waals surface area contributed by atoms with Gasteiger partial charge in [0.25, 0.3) is 5.91 Å². The summed E-state index contributed by atoms with van der Waals surface area (Å²) in [6.07, 6.45) is 0.508. The van der Waals surface area contributed by atoms with Crippen molar-refractivity contribution in [3.63, 3.8) is 0 Å². The number of rotatable bonds is 8. The van der Waals surface area contributed by atoms with Crippen LogP contribution in [0.15, 0.2) is 84.9 Å². The van der Waals surface area contributed by atoms with Crippen LogP contribution in [-0.4, -0.2) is 94.5 Å². The first-order chi connectivity index (χ1) is 25.5. The molecule has 1 aromatic heterocycles. The highest BCUT2D eigenvalue weighted by atomic mass is 16.5. The van der Waals surface area contributed by atoms with Crippen LogP contribution in [0.5, 0.6) is 5.75 Å². The second-order valence-electron chi connectivity index (χ2n) is 13.3. The van der Waals surface area contributed by atoms with Crippen molar-refractivity contribution in [3.8, 4) is 5.75 Å². The molecule has 0 radical (unpaired) electrons. The molecule has 1 aliphatic heterocycles. The van der Waals surface area contributed by atoms with E-state index in [1.165, 1.54) is 16.8 Å². The summed E-state index contributed by atoms with van der Waals surface area (Å²) >= 11 is 0. The number of para-hydroxylation sites is 1. The summed E-state index contributed by atoms with van der Waals surface area (Å²) in [7, 11) is 3.36. The number of hydrogen-bond acceptors (Lipinski definition) is 7. The van der Waals surface area contributed by atoms with Crippen molar-refractivity contribution in [1.29, 1.82) is 0 Å². The van der Waals surface area contributed by atoms with Crippen molar-refractivity contribution in [1.82, 2.24) is 35.5 Å². The Morgan fingerprint density at radius 2 is 1.51 bits per heavy atom. The SMILES string of the molecule is Cc1nn(C)c(C)c1CCNC(=O)[C@@H]1CC(=O)N(Cc2ccccc2)CC(=O)N(C)CC(=O)N[C@H](Cc2ccccc2)COc2ccccc2C(=O)N1. The Hall–Kier alpha value is -5.98. The smallest absolute Gasteiger partial charge is 0.255 e. The lowest BCUT2D eigenvalue weighted by Crippen LogP contribution is -2.51. The number of aryl methyl sites for hydroxylation is 2. The van der Waals surface area contributed by atoms with E-state index in [2.05, 4.69) is 21.0 Å². The number of fused-ring (bicyclic) bond motifs is 1. The van der Waals surface area contributed by atoms with Crippen LogP contribution in [0.4, 0.5) is 0 Å². The number of ether oxygens (including phenoxy) is 1. The van der Waals surface area contributed by atoms with Gasteiger partial charge in [0, 0.05) is 32.9 Å². The zero-order valence-corrected chi connectivity index (χ0v) is 30.6. The van der Waals surface area contributed by atoms with E-state index in [9.17, 15) is 24.0 Å². The highest BCUT2D eigenvalue weighted by Crippen LogP contribution is 2.20. The molecule has 5 rings (SSSR count). The quantitative estimate of drug-likeness (QED) is 0.253. The lowest BCUT2D eigenvalue weighted by molar-refractivity contribution is -0.142. The number of hydrogen-bond donors (Lipinski definition) is 3. The van der Waals surface area contributed by atoms with Gasteiger partial charge < -0.3 is 30.5 Å². The molecule has 0 aliphatic carbocycles. The molecule has 13 heteroatoms. The fourth-order valence-electron chi connectivity index (χ4n) is 6.28. The third kappa shape index (κ3) is 10.5. The zero-order valence-electron chi connectivity index (χ0n) is 30.6. The van der Waals surface area contributed by atoms with Crippen molar-refractivity contribution in [3.05, 3.63) is 119 Å². The molecule has 0 unspecified atom stereocenters. The maximum atomic E-state index is 14.1. The van der Waals surface area contributed by atoms with Gasteiger partial charge in [-0.1, -0.05) is 72.8 Å². The summed E-state index contributed by atoms with van der Waals surface area (Å²) in [6.45, 7) is 3.59. The number of likely N-dealkylation sites (N-methyl/N-ethyl adjacent to an activating group) is 1. The van der Waals surface area contributed by atoms with Gasteiger partial charge in [-0.3, -0.25) is 28.7 Å². The molecule has 0 saturated heterocycles. The van der Waals surface area contributed by atoms with Crippen LogP contribution in [0.25, 0.3) is 0 Å². The fourth-order valence-corrected chi connectivity index (χ4v) is 6.28. The molecule has 2 atom stereocenters. The number of nitrogens with zero attached hydrogens (tertiary/aromatic N) is 4. The lowest BCUT2D eigenvalue weighted by atomic mass is 10.1. The first-order valence-corrected chi connectivity index (χ1v) is 17.7. The average Bonchev–Trinajstić information content (AvgIpc) is 3.39. The van der Waals surface area contributed by atoms with Crippen LogP contribution >= 0.6 is 0 Å². The Labute approximate surface area is 309 Å². The second kappa shape index (κ2) is 18.0. The largest absolute Gasteiger partial charge is 0.491 e. The van der Waals surface area contributed by atoms with Gasteiger partial charge in [-0.2, -0.15) is 5.10 Å². The van der Waals surface area contributed by atoms with Gasteiger partial charge in [0.1, 0.15) is 24.9 Å². The van der Waals surface area contributed by atoms with E-state index in [0.717, 1.165) is 28.1 Å². The molecule has 1 aliphatic rings. The molecule has 278 valence electrons. The number of amides is 5. The van der Waals surface area contributed by atoms with Crippen LogP contribution in [0.3, 0.4) is 0 Å². The maximum Gasteiger partial charge on any atom is 0.255 e. The molecule has 0 saturated carbocycles. The van der Waals surface area contributed by atoms with Gasteiger partial charge in [-0.05, 0) is 55.5 Å². The monoisotopic (exact) mass is 721 g/mol. The van der Waals surface area contributed by atoms with Gasteiger partial charge >= 0.3 is 0 Å².